The Morgan fingerprint density at radius 1 is 1.24 bits per heavy atom. The number of carbonyl (C=O) groups is 2. The molecule has 0 saturated carbocycles. The summed E-state index contributed by atoms with van der Waals surface area (Å²) in [5, 5.41) is 2.54. The van der Waals surface area contributed by atoms with Crippen LogP contribution in [0.5, 0.6) is 11.5 Å². The van der Waals surface area contributed by atoms with Crippen molar-refractivity contribution in [3.63, 3.8) is 0 Å². The van der Waals surface area contributed by atoms with Crippen molar-refractivity contribution < 1.29 is 19.1 Å². The fourth-order valence-electron chi connectivity index (χ4n) is 2.55. The number of ether oxygens (including phenoxy) is 2. The van der Waals surface area contributed by atoms with E-state index in [0.29, 0.717) is 30.9 Å². The van der Waals surface area contributed by atoms with Gasteiger partial charge in [-0.1, -0.05) is 25.8 Å². The summed E-state index contributed by atoms with van der Waals surface area (Å²) < 4.78 is 10.5. The van der Waals surface area contributed by atoms with E-state index in [4.69, 9.17) is 15.2 Å². The predicted molar refractivity (Wildman–Crippen MR) is 96.9 cm³/mol. The number of primary amides is 1. The lowest BCUT2D eigenvalue weighted by atomic mass is 10.1. The minimum absolute atomic E-state index is 0.132. The summed E-state index contributed by atoms with van der Waals surface area (Å²) in [6.45, 7) is 2.56. The second-order valence-corrected chi connectivity index (χ2v) is 5.90. The molecule has 0 aliphatic heterocycles. The lowest BCUT2D eigenvalue weighted by Gasteiger charge is -2.24. The first-order valence-electron chi connectivity index (χ1n) is 8.44. The van der Waals surface area contributed by atoms with Crippen LogP contribution in [-0.2, 0) is 11.2 Å². The Bertz CT molecular complexity index is 577. The van der Waals surface area contributed by atoms with Crippen molar-refractivity contribution in [2.75, 3.05) is 27.8 Å². The number of unbranched alkanes of at least 4 members (excludes halogenated alkanes) is 1. The van der Waals surface area contributed by atoms with Crippen LogP contribution in [0.15, 0.2) is 18.2 Å². The Morgan fingerprint density at radius 3 is 2.48 bits per heavy atom. The fourth-order valence-corrected chi connectivity index (χ4v) is 2.55. The van der Waals surface area contributed by atoms with Crippen molar-refractivity contribution in [1.82, 2.24) is 10.2 Å². The molecule has 3 N–H and O–H groups in total. The molecule has 1 aromatic rings. The van der Waals surface area contributed by atoms with Crippen LogP contribution in [0.25, 0.3) is 0 Å². The zero-order chi connectivity index (χ0) is 18.8. The van der Waals surface area contributed by atoms with Crippen LogP contribution >= 0.6 is 0 Å². The predicted octanol–water partition coefficient (Wildman–Crippen LogP) is 1.93. The number of nitrogens with two attached hydrogens (primary N) is 1. The maximum Gasteiger partial charge on any atom is 0.312 e. The van der Waals surface area contributed by atoms with E-state index in [-0.39, 0.29) is 5.91 Å². The molecule has 0 spiro atoms. The molecular formula is C18H29N3O4. The van der Waals surface area contributed by atoms with Crippen LogP contribution in [0, 0.1) is 0 Å². The molecule has 7 heteroatoms. The number of likely N-dealkylation sites (N-methyl/N-ethyl adjacent to an activating group) is 1. The third-order valence-electron chi connectivity index (χ3n) is 4.02. The van der Waals surface area contributed by atoms with Gasteiger partial charge in [0.25, 0.3) is 0 Å². The summed E-state index contributed by atoms with van der Waals surface area (Å²) >= 11 is 0. The molecule has 3 amide bonds. The van der Waals surface area contributed by atoms with Gasteiger partial charge in [-0.3, -0.25) is 4.79 Å². The maximum absolute atomic E-state index is 12.5. The number of hydrogen-bond donors (Lipinski definition) is 2. The van der Waals surface area contributed by atoms with Crippen molar-refractivity contribution >= 4 is 11.9 Å². The van der Waals surface area contributed by atoms with Gasteiger partial charge in [-0.15, -0.1) is 0 Å². The van der Waals surface area contributed by atoms with Crippen molar-refractivity contribution in [2.45, 2.75) is 38.6 Å². The zero-order valence-corrected chi connectivity index (χ0v) is 15.5. The Kier molecular flexibility index (Phi) is 8.60. The van der Waals surface area contributed by atoms with Gasteiger partial charge in [-0.25, -0.2) is 4.79 Å². The van der Waals surface area contributed by atoms with Crippen LogP contribution in [0.2, 0.25) is 0 Å². The fraction of sp³-hybridized carbons (Fsp3) is 0.556. The average Bonchev–Trinajstić information content (AvgIpc) is 2.61. The molecule has 0 saturated heterocycles. The number of urea groups is 1. The summed E-state index contributed by atoms with van der Waals surface area (Å²) in [5.41, 5.74) is 6.21. The molecule has 1 rings (SSSR count). The molecule has 0 aromatic heterocycles. The molecular weight excluding hydrogens is 322 g/mol. The van der Waals surface area contributed by atoms with Gasteiger partial charge in [0.05, 0.1) is 14.2 Å². The van der Waals surface area contributed by atoms with Gasteiger partial charge < -0.3 is 25.4 Å². The minimum Gasteiger partial charge on any atom is -0.493 e. The number of nitrogens with zero attached hydrogens (tertiary/aromatic N) is 1. The number of nitrogens with one attached hydrogen (secondary N) is 1. The van der Waals surface area contributed by atoms with Crippen molar-refractivity contribution in [1.29, 1.82) is 0 Å². The quantitative estimate of drug-likeness (QED) is 0.673. The SMILES string of the molecule is CCCCC(NC(N)=O)C(=O)N(C)CCc1ccc(OC)c(OC)c1. The number of methoxy groups -OCH3 is 2. The summed E-state index contributed by atoms with van der Waals surface area (Å²) in [4.78, 5) is 25.3. The third-order valence-corrected chi connectivity index (χ3v) is 4.02. The molecule has 0 radical (unpaired) electrons. The average molecular weight is 351 g/mol. The monoisotopic (exact) mass is 351 g/mol. The molecule has 0 heterocycles. The Hall–Kier alpha value is -2.44. The van der Waals surface area contributed by atoms with E-state index in [1.54, 1.807) is 26.2 Å². The normalized spacial score (nSPS) is 11.5. The number of rotatable bonds is 10. The van der Waals surface area contributed by atoms with Crippen LogP contribution in [0.3, 0.4) is 0 Å². The molecule has 0 fully saturated rings. The Labute approximate surface area is 149 Å². The number of amides is 3. The molecule has 1 unspecified atom stereocenters. The van der Waals surface area contributed by atoms with E-state index < -0.39 is 12.1 Å². The van der Waals surface area contributed by atoms with E-state index in [9.17, 15) is 9.59 Å². The number of benzene rings is 1. The first-order valence-corrected chi connectivity index (χ1v) is 8.44. The number of hydrogen-bond acceptors (Lipinski definition) is 4. The standard InChI is InChI=1S/C18H29N3O4/c1-5-6-7-14(20-18(19)23)17(22)21(2)11-10-13-8-9-15(24-3)16(12-13)25-4/h8-9,12,14H,5-7,10-11H2,1-4H3,(H3,19,20,23). The second kappa shape index (κ2) is 10.4. The summed E-state index contributed by atoms with van der Waals surface area (Å²) in [5.74, 6) is 1.19. The summed E-state index contributed by atoms with van der Waals surface area (Å²) in [6.07, 6.45) is 3.04. The highest BCUT2D eigenvalue weighted by Crippen LogP contribution is 2.27. The molecule has 7 nitrogen and oxygen atoms in total. The van der Waals surface area contributed by atoms with Gasteiger partial charge in [-0.05, 0) is 30.5 Å². The highest BCUT2D eigenvalue weighted by atomic mass is 16.5. The highest BCUT2D eigenvalue weighted by Gasteiger charge is 2.22. The third kappa shape index (κ3) is 6.52. The zero-order valence-electron chi connectivity index (χ0n) is 15.5. The van der Waals surface area contributed by atoms with Gasteiger partial charge in [0.1, 0.15) is 6.04 Å². The molecule has 1 atom stereocenters. The van der Waals surface area contributed by atoms with Gasteiger partial charge in [0, 0.05) is 13.6 Å². The first kappa shape index (κ1) is 20.6. The smallest absolute Gasteiger partial charge is 0.312 e. The van der Waals surface area contributed by atoms with E-state index in [1.807, 2.05) is 25.1 Å². The summed E-state index contributed by atoms with van der Waals surface area (Å²) in [7, 11) is 4.90. The molecule has 0 aliphatic rings. The van der Waals surface area contributed by atoms with Crippen molar-refractivity contribution in [3.05, 3.63) is 23.8 Å². The second-order valence-electron chi connectivity index (χ2n) is 5.90. The topological polar surface area (TPSA) is 93.9 Å². The van der Waals surface area contributed by atoms with Crippen molar-refractivity contribution in [2.24, 2.45) is 5.73 Å². The van der Waals surface area contributed by atoms with E-state index in [1.165, 1.54) is 0 Å². The van der Waals surface area contributed by atoms with Crippen LogP contribution in [-0.4, -0.2) is 50.7 Å². The minimum atomic E-state index is -0.678. The van der Waals surface area contributed by atoms with Gasteiger partial charge in [0.2, 0.25) is 5.91 Å². The van der Waals surface area contributed by atoms with Crippen molar-refractivity contribution in [3.8, 4) is 11.5 Å². The lowest BCUT2D eigenvalue weighted by molar-refractivity contribution is -0.132. The van der Waals surface area contributed by atoms with Gasteiger partial charge in [-0.2, -0.15) is 0 Å². The largest absolute Gasteiger partial charge is 0.493 e. The van der Waals surface area contributed by atoms with Crippen LogP contribution in [0.1, 0.15) is 31.7 Å². The highest BCUT2D eigenvalue weighted by molar-refractivity contribution is 5.86. The van der Waals surface area contributed by atoms with Gasteiger partial charge in [0.15, 0.2) is 11.5 Å². The lowest BCUT2D eigenvalue weighted by Crippen LogP contribution is -2.49. The molecule has 0 aliphatic carbocycles. The van der Waals surface area contributed by atoms with Crippen LogP contribution in [0.4, 0.5) is 4.79 Å². The van der Waals surface area contributed by atoms with E-state index in [0.717, 1.165) is 18.4 Å². The first-order chi connectivity index (χ1) is 11.9. The number of carbonyl (C=O) groups excluding carboxylic acids is 2. The Balaban J connectivity index is 2.68. The Morgan fingerprint density at radius 2 is 1.92 bits per heavy atom. The maximum atomic E-state index is 12.5. The molecule has 25 heavy (non-hydrogen) atoms. The van der Waals surface area contributed by atoms with Gasteiger partial charge >= 0.3 is 6.03 Å². The van der Waals surface area contributed by atoms with Crippen LogP contribution < -0.4 is 20.5 Å². The molecule has 1 aromatic carbocycles. The van der Waals surface area contributed by atoms with E-state index in [2.05, 4.69) is 5.32 Å². The molecule has 0 bridgehead atoms. The summed E-state index contributed by atoms with van der Waals surface area (Å²) in [6, 6.07) is 4.42. The van der Waals surface area contributed by atoms with E-state index >= 15 is 0 Å². The molecule has 140 valence electrons.